The number of nitrogens with one attached hydrogen (secondary N) is 1. The minimum absolute atomic E-state index is 0.425. The maximum absolute atomic E-state index is 8.83. The number of aryl methyl sites for hydroxylation is 2. The molecule has 0 aliphatic rings. The molecule has 5 aromatic heterocycles. The lowest BCUT2D eigenvalue weighted by atomic mass is 10.3. The topological polar surface area (TPSA) is 88.1 Å². The molecule has 0 bridgehead atoms. The highest BCUT2D eigenvalue weighted by Crippen LogP contribution is 2.34. The number of rotatable bonds is 4. The summed E-state index contributed by atoms with van der Waals surface area (Å²) in [7, 11) is 0. The van der Waals surface area contributed by atoms with E-state index in [4.69, 9.17) is 10.2 Å². The summed E-state index contributed by atoms with van der Waals surface area (Å²) in [6, 6.07) is 8.38. The molecule has 0 saturated heterocycles. The molecule has 0 unspecified atom stereocenters. The molecule has 0 atom stereocenters. The molecule has 0 aromatic carbocycles. The van der Waals surface area contributed by atoms with Crippen molar-refractivity contribution in [3.05, 3.63) is 47.9 Å². The Hall–Kier alpha value is -3.44. The number of imidazole rings is 1. The number of H-pyrrole nitrogens is 1. The summed E-state index contributed by atoms with van der Waals surface area (Å²) in [6.45, 7) is 2.66. The molecule has 0 spiro atoms. The number of pyridine rings is 1. The van der Waals surface area contributed by atoms with Gasteiger partial charge in [-0.15, -0.1) is 11.3 Å². The van der Waals surface area contributed by atoms with Crippen LogP contribution in [0.5, 0.6) is 0 Å². The monoisotopic (exact) mass is 373 g/mol. The lowest BCUT2D eigenvalue weighted by molar-refractivity contribution is 0.627. The maximum atomic E-state index is 8.83. The van der Waals surface area contributed by atoms with Gasteiger partial charge < -0.3 is 4.98 Å². The number of hydrogen-bond acceptors (Lipinski definition) is 5. The number of fused-ring (bicyclic) bond motifs is 3. The van der Waals surface area contributed by atoms with Crippen LogP contribution in [0.3, 0.4) is 0 Å². The lowest BCUT2D eigenvalue weighted by Gasteiger charge is -2.06. The molecule has 0 aliphatic carbocycles. The number of thiophene rings is 1. The predicted molar refractivity (Wildman–Crippen MR) is 105 cm³/mol. The van der Waals surface area contributed by atoms with Crippen molar-refractivity contribution in [1.82, 2.24) is 29.3 Å². The van der Waals surface area contributed by atoms with Crippen LogP contribution in [0.25, 0.3) is 38.5 Å². The average molecular weight is 373 g/mol. The average Bonchev–Trinajstić information content (AvgIpc) is 3.43. The van der Waals surface area contributed by atoms with E-state index in [0.717, 1.165) is 38.5 Å². The second-order valence-electron chi connectivity index (χ2n) is 6.28. The van der Waals surface area contributed by atoms with Crippen LogP contribution in [0, 0.1) is 18.3 Å². The first-order valence-electron chi connectivity index (χ1n) is 8.56. The van der Waals surface area contributed by atoms with Crippen LogP contribution < -0.4 is 0 Å². The molecule has 132 valence electrons. The Morgan fingerprint density at radius 2 is 2.19 bits per heavy atom. The molecule has 0 amide bonds. The third kappa shape index (κ3) is 2.52. The molecule has 27 heavy (non-hydrogen) atoms. The SMILES string of the molecule is Cc1ccc(-c2nc3cnc4[nH]ccc4c3n2-c2cnn(CCC#N)c2)s1. The molecule has 0 radical (unpaired) electrons. The van der Waals surface area contributed by atoms with E-state index >= 15 is 0 Å². The van der Waals surface area contributed by atoms with E-state index in [0.29, 0.717) is 13.0 Å². The van der Waals surface area contributed by atoms with Gasteiger partial charge in [-0.1, -0.05) is 0 Å². The van der Waals surface area contributed by atoms with E-state index in [9.17, 15) is 0 Å². The summed E-state index contributed by atoms with van der Waals surface area (Å²) in [5.74, 6) is 0.874. The van der Waals surface area contributed by atoms with Crippen LogP contribution >= 0.6 is 11.3 Å². The number of nitrogens with zero attached hydrogens (tertiary/aromatic N) is 6. The Bertz CT molecular complexity index is 1310. The van der Waals surface area contributed by atoms with Crippen LogP contribution in [0.1, 0.15) is 11.3 Å². The van der Waals surface area contributed by atoms with Crippen LogP contribution in [0.2, 0.25) is 0 Å². The van der Waals surface area contributed by atoms with Gasteiger partial charge in [-0.25, -0.2) is 9.97 Å². The van der Waals surface area contributed by atoms with E-state index in [1.165, 1.54) is 4.88 Å². The Balaban J connectivity index is 1.80. The molecule has 5 aromatic rings. The van der Waals surface area contributed by atoms with E-state index in [1.54, 1.807) is 22.2 Å². The van der Waals surface area contributed by atoms with Crippen molar-refractivity contribution in [2.24, 2.45) is 0 Å². The Labute approximate surface area is 158 Å². The molecule has 7 nitrogen and oxygen atoms in total. The predicted octanol–water partition coefficient (Wildman–Crippen LogP) is 4.05. The second kappa shape index (κ2) is 6.07. The van der Waals surface area contributed by atoms with Gasteiger partial charge in [-0.2, -0.15) is 10.4 Å². The molecular formula is C19H15N7S. The number of aromatic amines is 1. The van der Waals surface area contributed by atoms with Gasteiger partial charge in [0, 0.05) is 22.7 Å². The largest absolute Gasteiger partial charge is 0.346 e. The molecule has 5 rings (SSSR count). The summed E-state index contributed by atoms with van der Waals surface area (Å²) >= 11 is 1.71. The second-order valence-corrected chi connectivity index (χ2v) is 7.57. The minimum Gasteiger partial charge on any atom is -0.346 e. The molecule has 0 fully saturated rings. The Kier molecular flexibility index (Phi) is 3.55. The standard InChI is InChI=1S/C19H15N7S/c1-12-3-4-16(27-12)19-24-15-10-22-18-14(5-7-21-18)17(15)26(19)13-9-23-25(11-13)8-2-6-20/h3-5,7,9-11H,2,8H2,1H3,(H,21,22). The van der Waals surface area contributed by atoms with E-state index in [1.807, 2.05) is 24.7 Å². The van der Waals surface area contributed by atoms with E-state index in [-0.39, 0.29) is 0 Å². The summed E-state index contributed by atoms with van der Waals surface area (Å²) in [5, 5.41) is 14.3. The van der Waals surface area contributed by atoms with Gasteiger partial charge in [0.25, 0.3) is 0 Å². The van der Waals surface area contributed by atoms with Crippen LogP contribution in [0.4, 0.5) is 0 Å². The highest BCUT2D eigenvalue weighted by molar-refractivity contribution is 7.15. The van der Waals surface area contributed by atoms with Crippen LogP contribution in [0.15, 0.2) is 43.0 Å². The molecule has 1 N–H and O–H groups in total. The van der Waals surface area contributed by atoms with Gasteiger partial charge in [0.1, 0.15) is 11.2 Å². The zero-order valence-corrected chi connectivity index (χ0v) is 15.4. The molecule has 5 heterocycles. The van der Waals surface area contributed by atoms with Gasteiger partial charge in [-0.3, -0.25) is 9.25 Å². The fourth-order valence-corrected chi connectivity index (χ4v) is 4.14. The summed E-state index contributed by atoms with van der Waals surface area (Å²) in [4.78, 5) is 14.9. The van der Waals surface area contributed by atoms with Crippen molar-refractivity contribution in [2.45, 2.75) is 19.9 Å². The fourth-order valence-electron chi connectivity index (χ4n) is 3.30. The Morgan fingerprint density at radius 1 is 1.26 bits per heavy atom. The number of nitriles is 1. The minimum atomic E-state index is 0.425. The van der Waals surface area contributed by atoms with Gasteiger partial charge >= 0.3 is 0 Å². The highest BCUT2D eigenvalue weighted by atomic mass is 32.1. The van der Waals surface area contributed by atoms with Gasteiger partial charge in [-0.05, 0) is 25.1 Å². The van der Waals surface area contributed by atoms with Crippen molar-refractivity contribution in [2.75, 3.05) is 0 Å². The van der Waals surface area contributed by atoms with Crippen molar-refractivity contribution in [1.29, 1.82) is 5.26 Å². The van der Waals surface area contributed by atoms with Gasteiger partial charge in [0.2, 0.25) is 0 Å². The third-order valence-electron chi connectivity index (χ3n) is 4.49. The fraction of sp³-hybridized carbons (Fsp3) is 0.158. The van der Waals surface area contributed by atoms with Crippen LogP contribution in [-0.2, 0) is 6.54 Å². The van der Waals surface area contributed by atoms with Crippen molar-refractivity contribution in [3.8, 4) is 22.5 Å². The third-order valence-corrected chi connectivity index (χ3v) is 5.49. The van der Waals surface area contributed by atoms with Crippen molar-refractivity contribution < 1.29 is 0 Å². The normalized spacial score (nSPS) is 11.4. The van der Waals surface area contributed by atoms with Gasteiger partial charge in [0.05, 0.1) is 47.5 Å². The van der Waals surface area contributed by atoms with Crippen molar-refractivity contribution in [3.63, 3.8) is 0 Å². The summed E-state index contributed by atoms with van der Waals surface area (Å²) < 4.78 is 3.93. The Morgan fingerprint density at radius 3 is 3.00 bits per heavy atom. The molecule has 0 saturated carbocycles. The number of aromatic nitrogens is 6. The lowest BCUT2D eigenvalue weighted by Crippen LogP contribution is -1.98. The zero-order chi connectivity index (χ0) is 18.4. The first-order chi connectivity index (χ1) is 13.2. The van der Waals surface area contributed by atoms with E-state index < -0.39 is 0 Å². The number of hydrogen-bond donors (Lipinski definition) is 1. The molecule has 8 heteroatoms. The highest BCUT2D eigenvalue weighted by Gasteiger charge is 2.19. The summed E-state index contributed by atoms with van der Waals surface area (Å²) in [5.41, 5.74) is 3.59. The quantitative estimate of drug-likeness (QED) is 0.515. The smallest absolute Gasteiger partial charge is 0.156 e. The molecule has 0 aliphatic heterocycles. The molecular weight excluding hydrogens is 358 g/mol. The first kappa shape index (κ1) is 15.8. The van der Waals surface area contributed by atoms with Gasteiger partial charge in [0.15, 0.2) is 5.82 Å². The maximum Gasteiger partial charge on any atom is 0.156 e. The zero-order valence-electron chi connectivity index (χ0n) is 14.5. The van der Waals surface area contributed by atoms with Crippen molar-refractivity contribution >= 4 is 33.4 Å². The summed E-state index contributed by atoms with van der Waals surface area (Å²) in [6.07, 6.45) is 7.89. The van der Waals surface area contributed by atoms with E-state index in [2.05, 4.69) is 44.8 Å². The first-order valence-corrected chi connectivity index (χ1v) is 9.37. The van der Waals surface area contributed by atoms with Crippen LogP contribution in [-0.4, -0.2) is 29.3 Å².